The van der Waals surface area contributed by atoms with Gasteiger partial charge in [0.15, 0.2) is 0 Å². The predicted molar refractivity (Wildman–Crippen MR) is 71.8 cm³/mol. The van der Waals surface area contributed by atoms with Crippen LogP contribution < -0.4 is 0 Å². The molecule has 3 nitrogen and oxygen atoms in total. The van der Waals surface area contributed by atoms with Crippen LogP contribution in [-0.2, 0) is 6.18 Å². The third-order valence-electron chi connectivity index (χ3n) is 3.89. The number of nitrogens with zero attached hydrogens (tertiary/aromatic N) is 1. The van der Waals surface area contributed by atoms with E-state index in [0.717, 1.165) is 12.5 Å². The Morgan fingerprint density at radius 2 is 2.05 bits per heavy atom. The minimum absolute atomic E-state index is 0.0826. The average Bonchev–Trinajstić information content (AvgIpc) is 2.45. The van der Waals surface area contributed by atoms with Gasteiger partial charge in [-0.2, -0.15) is 13.2 Å². The maximum Gasteiger partial charge on any atom is 0.417 e. The Morgan fingerprint density at radius 1 is 1.38 bits per heavy atom. The monoisotopic (exact) mass is 301 g/mol. The average molecular weight is 301 g/mol. The van der Waals surface area contributed by atoms with Gasteiger partial charge in [-0.15, -0.1) is 0 Å². The topological polar surface area (TPSA) is 40.5 Å². The summed E-state index contributed by atoms with van der Waals surface area (Å²) >= 11 is 0. The molecule has 1 amide bonds. The van der Waals surface area contributed by atoms with Crippen molar-refractivity contribution < 1.29 is 23.1 Å². The molecule has 1 heterocycles. The molecular weight excluding hydrogens is 283 g/mol. The molecule has 21 heavy (non-hydrogen) atoms. The van der Waals surface area contributed by atoms with E-state index in [1.54, 1.807) is 6.92 Å². The second kappa shape index (κ2) is 6.05. The van der Waals surface area contributed by atoms with E-state index >= 15 is 0 Å². The summed E-state index contributed by atoms with van der Waals surface area (Å²) in [7, 11) is 0. The molecule has 2 unspecified atom stereocenters. The second-order valence-corrected chi connectivity index (χ2v) is 5.44. The Morgan fingerprint density at radius 3 is 2.67 bits per heavy atom. The Hall–Kier alpha value is -1.56. The number of halogens is 3. The lowest BCUT2D eigenvalue weighted by molar-refractivity contribution is -0.138. The van der Waals surface area contributed by atoms with Gasteiger partial charge >= 0.3 is 6.18 Å². The lowest BCUT2D eigenvalue weighted by Gasteiger charge is -2.34. The largest absolute Gasteiger partial charge is 0.417 e. The van der Waals surface area contributed by atoms with E-state index in [0.29, 0.717) is 19.5 Å². The van der Waals surface area contributed by atoms with Crippen LogP contribution in [0.2, 0.25) is 0 Å². The van der Waals surface area contributed by atoms with Crippen molar-refractivity contribution in [3.63, 3.8) is 0 Å². The SMILES string of the molecule is CC(O)C1CCCN(C(=O)c2ccccc2C(F)(F)F)C1. The molecule has 1 aromatic rings. The molecule has 0 saturated carbocycles. The van der Waals surface area contributed by atoms with Crippen LogP contribution >= 0.6 is 0 Å². The van der Waals surface area contributed by atoms with E-state index in [2.05, 4.69) is 0 Å². The van der Waals surface area contributed by atoms with Gasteiger partial charge in [0.1, 0.15) is 0 Å². The third-order valence-corrected chi connectivity index (χ3v) is 3.89. The normalized spacial score (nSPS) is 21.2. The highest BCUT2D eigenvalue weighted by Crippen LogP contribution is 2.33. The number of hydrogen-bond donors (Lipinski definition) is 1. The molecule has 1 fully saturated rings. The summed E-state index contributed by atoms with van der Waals surface area (Å²) in [6.07, 6.45) is -3.65. The van der Waals surface area contributed by atoms with Crippen LogP contribution in [0.1, 0.15) is 35.7 Å². The van der Waals surface area contributed by atoms with Gasteiger partial charge in [0.05, 0.1) is 17.2 Å². The first kappa shape index (κ1) is 15.8. The summed E-state index contributed by atoms with van der Waals surface area (Å²) in [5, 5.41) is 9.61. The Bertz CT molecular complexity index is 514. The van der Waals surface area contributed by atoms with Crippen LogP contribution in [0.5, 0.6) is 0 Å². The van der Waals surface area contributed by atoms with Gasteiger partial charge in [-0.05, 0) is 31.9 Å². The maximum atomic E-state index is 13.0. The molecule has 2 atom stereocenters. The molecule has 1 saturated heterocycles. The van der Waals surface area contributed by atoms with Crippen molar-refractivity contribution in [2.45, 2.75) is 32.0 Å². The molecule has 1 aromatic carbocycles. The number of likely N-dealkylation sites (tertiary alicyclic amines) is 1. The minimum atomic E-state index is -4.55. The van der Waals surface area contributed by atoms with Crippen LogP contribution in [0.3, 0.4) is 0 Å². The number of hydrogen-bond acceptors (Lipinski definition) is 2. The highest BCUT2D eigenvalue weighted by Gasteiger charge is 2.36. The molecule has 6 heteroatoms. The number of alkyl halides is 3. The van der Waals surface area contributed by atoms with E-state index in [-0.39, 0.29) is 11.5 Å². The maximum absolute atomic E-state index is 13.0. The van der Waals surface area contributed by atoms with Gasteiger partial charge in [0.2, 0.25) is 0 Å². The van der Waals surface area contributed by atoms with Gasteiger partial charge in [-0.25, -0.2) is 0 Å². The van der Waals surface area contributed by atoms with Crippen molar-refractivity contribution in [3.05, 3.63) is 35.4 Å². The number of rotatable bonds is 2. The van der Waals surface area contributed by atoms with Crippen molar-refractivity contribution in [2.24, 2.45) is 5.92 Å². The van der Waals surface area contributed by atoms with Gasteiger partial charge in [0.25, 0.3) is 5.91 Å². The summed E-state index contributed by atoms with van der Waals surface area (Å²) in [6, 6.07) is 4.83. The van der Waals surface area contributed by atoms with Crippen LogP contribution in [0.4, 0.5) is 13.2 Å². The van der Waals surface area contributed by atoms with E-state index in [1.165, 1.54) is 23.1 Å². The molecule has 1 aliphatic heterocycles. The first-order valence-electron chi connectivity index (χ1n) is 6.94. The number of amides is 1. The quantitative estimate of drug-likeness (QED) is 0.912. The Kier molecular flexibility index (Phi) is 4.56. The zero-order valence-electron chi connectivity index (χ0n) is 11.7. The van der Waals surface area contributed by atoms with Crippen molar-refractivity contribution in [2.75, 3.05) is 13.1 Å². The number of carbonyl (C=O) groups is 1. The molecule has 0 radical (unpaired) electrons. The fraction of sp³-hybridized carbons (Fsp3) is 0.533. The molecule has 0 spiro atoms. The minimum Gasteiger partial charge on any atom is -0.393 e. The van der Waals surface area contributed by atoms with Crippen LogP contribution in [0, 0.1) is 5.92 Å². The lowest BCUT2D eigenvalue weighted by atomic mass is 9.92. The smallest absolute Gasteiger partial charge is 0.393 e. The fourth-order valence-electron chi connectivity index (χ4n) is 2.68. The van der Waals surface area contributed by atoms with Gasteiger partial charge in [-0.1, -0.05) is 12.1 Å². The summed E-state index contributed by atoms with van der Waals surface area (Å²) in [5.74, 6) is -0.700. The fourth-order valence-corrected chi connectivity index (χ4v) is 2.68. The van der Waals surface area contributed by atoms with Crippen molar-refractivity contribution in [1.82, 2.24) is 4.90 Å². The number of piperidine rings is 1. The van der Waals surface area contributed by atoms with Gasteiger partial charge in [0, 0.05) is 19.0 Å². The van der Waals surface area contributed by atoms with E-state index in [1.807, 2.05) is 0 Å². The highest BCUT2D eigenvalue weighted by molar-refractivity contribution is 5.96. The molecule has 0 aliphatic carbocycles. The Balaban J connectivity index is 2.24. The number of carbonyl (C=O) groups excluding carboxylic acids is 1. The summed E-state index contributed by atoms with van der Waals surface area (Å²) in [6.45, 7) is 2.36. The summed E-state index contributed by atoms with van der Waals surface area (Å²) in [4.78, 5) is 13.8. The molecular formula is C15H18F3NO2. The van der Waals surface area contributed by atoms with Crippen LogP contribution in [-0.4, -0.2) is 35.1 Å². The third kappa shape index (κ3) is 3.56. The second-order valence-electron chi connectivity index (χ2n) is 5.44. The summed E-state index contributed by atoms with van der Waals surface area (Å²) in [5.41, 5.74) is -1.23. The first-order chi connectivity index (χ1) is 9.80. The zero-order chi connectivity index (χ0) is 15.6. The van der Waals surface area contributed by atoms with Gasteiger partial charge < -0.3 is 10.0 Å². The van der Waals surface area contributed by atoms with E-state index in [4.69, 9.17) is 0 Å². The number of aliphatic hydroxyl groups excluding tert-OH is 1. The predicted octanol–water partition coefficient (Wildman–Crippen LogP) is 2.94. The zero-order valence-corrected chi connectivity index (χ0v) is 11.7. The van der Waals surface area contributed by atoms with Crippen molar-refractivity contribution >= 4 is 5.91 Å². The molecule has 0 aromatic heterocycles. The van der Waals surface area contributed by atoms with Crippen molar-refractivity contribution in [3.8, 4) is 0 Å². The van der Waals surface area contributed by atoms with Crippen molar-refractivity contribution in [1.29, 1.82) is 0 Å². The van der Waals surface area contributed by atoms with E-state index in [9.17, 15) is 23.1 Å². The molecule has 1 aliphatic rings. The molecule has 116 valence electrons. The van der Waals surface area contributed by atoms with E-state index < -0.39 is 23.8 Å². The number of benzene rings is 1. The molecule has 0 bridgehead atoms. The standard InChI is InChI=1S/C15H18F3NO2/c1-10(20)11-5-4-8-19(9-11)14(21)12-6-2-3-7-13(12)15(16,17)18/h2-3,6-7,10-11,20H,4-5,8-9H2,1H3. The number of aliphatic hydroxyl groups is 1. The summed E-state index contributed by atoms with van der Waals surface area (Å²) < 4.78 is 38.9. The molecule has 1 N–H and O–H groups in total. The van der Waals surface area contributed by atoms with Crippen LogP contribution in [0.15, 0.2) is 24.3 Å². The van der Waals surface area contributed by atoms with Crippen LogP contribution in [0.25, 0.3) is 0 Å². The Labute approximate surface area is 121 Å². The highest BCUT2D eigenvalue weighted by atomic mass is 19.4. The first-order valence-corrected chi connectivity index (χ1v) is 6.94. The van der Waals surface area contributed by atoms with Gasteiger partial charge in [-0.3, -0.25) is 4.79 Å². The molecule has 2 rings (SSSR count). The lowest BCUT2D eigenvalue weighted by Crippen LogP contribution is -2.43.